The Balaban J connectivity index is 1.57. The molecule has 0 spiro atoms. The number of nitrogens with one attached hydrogen (secondary N) is 1. The summed E-state index contributed by atoms with van der Waals surface area (Å²) in [6.07, 6.45) is 5.08. The standard InChI is InChI=1S/C18H19ClN6O2/c1-23-17-13(9-21-23)18(27)25(11-20-17)10-16(26)22-14-8-12(19)4-5-15(14)24-6-2-3-7-24/h4-5,8-9,11H,2-3,6-7,10H2,1H3,(H,22,26). The molecular weight excluding hydrogens is 368 g/mol. The Hall–Kier alpha value is -2.87. The van der Waals surface area contributed by atoms with Crippen LogP contribution in [0.5, 0.6) is 0 Å². The average molecular weight is 387 g/mol. The fourth-order valence-electron chi connectivity index (χ4n) is 3.37. The van der Waals surface area contributed by atoms with Gasteiger partial charge in [-0.05, 0) is 31.0 Å². The van der Waals surface area contributed by atoms with Gasteiger partial charge in [0.05, 0.1) is 17.6 Å². The molecule has 3 aromatic rings. The Kier molecular flexibility index (Phi) is 4.57. The minimum Gasteiger partial charge on any atom is -0.370 e. The number of carbonyl (C=O) groups excluding carboxylic acids is 1. The smallest absolute Gasteiger partial charge is 0.264 e. The van der Waals surface area contributed by atoms with Crippen LogP contribution >= 0.6 is 11.6 Å². The fraction of sp³-hybridized carbons (Fsp3) is 0.333. The predicted molar refractivity (Wildman–Crippen MR) is 104 cm³/mol. The number of amides is 1. The molecule has 9 heteroatoms. The minimum absolute atomic E-state index is 0.136. The minimum atomic E-state index is -0.315. The molecule has 1 aliphatic heterocycles. The van der Waals surface area contributed by atoms with E-state index >= 15 is 0 Å². The third-order valence-corrected chi connectivity index (χ3v) is 4.95. The number of anilines is 2. The Labute approximate surface area is 160 Å². The monoisotopic (exact) mass is 386 g/mol. The van der Waals surface area contributed by atoms with Crippen molar-refractivity contribution in [3.05, 3.63) is 46.1 Å². The van der Waals surface area contributed by atoms with Gasteiger partial charge < -0.3 is 10.2 Å². The van der Waals surface area contributed by atoms with Gasteiger partial charge in [0.2, 0.25) is 5.91 Å². The van der Waals surface area contributed by atoms with Crippen molar-refractivity contribution in [2.75, 3.05) is 23.3 Å². The zero-order valence-electron chi connectivity index (χ0n) is 14.9. The molecule has 3 heterocycles. The van der Waals surface area contributed by atoms with Crippen molar-refractivity contribution < 1.29 is 4.79 Å². The average Bonchev–Trinajstić information content (AvgIpc) is 3.28. The van der Waals surface area contributed by atoms with Crippen molar-refractivity contribution in [1.29, 1.82) is 0 Å². The van der Waals surface area contributed by atoms with Gasteiger partial charge in [0.25, 0.3) is 5.56 Å². The van der Waals surface area contributed by atoms with E-state index in [1.807, 2.05) is 12.1 Å². The lowest BCUT2D eigenvalue weighted by atomic mass is 10.2. The van der Waals surface area contributed by atoms with Gasteiger partial charge >= 0.3 is 0 Å². The summed E-state index contributed by atoms with van der Waals surface area (Å²) in [5.74, 6) is -0.315. The molecule has 0 bridgehead atoms. The lowest BCUT2D eigenvalue weighted by Crippen LogP contribution is -2.28. The highest BCUT2D eigenvalue weighted by Gasteiger charge is 2.18. The summed E-state index contributed by atoms with van der Waals surface area (Å²) in [6, 6.07) is 5.47. The van der Waals surface area contributed by atoms with Crippen LogP contribution in [0.25, 0.3) is 11.0 Å². The Bertz CT molecular complexity index is 1070. The summed E-state index contributed by atoms with van der Waals surface area (Å²) in [6.45, 7) is 1.76. The molecule has 2 aromatic heterocycles. The Morgan fingerprint density at radius 2 is 2.07 bits per heavy atom. The van der Waals surface area contributed by atoms with E-state index < -0.39 is 0 Å². The topological polar surface area (TPSA) is 85.0 Å². The van der Waals surface area contributed by atoms with Crippen LogP contribution in [0.2, 0.25) is 5.02 Å². The van der Waals surface area contributed by atoms with Gasteiger partial charge in [0.1, 0.15) is 18.3 Å². The lowest BCUT2D eigenvalue weighted by molar-refractivity contribution is -0.116. The number of rotatable bonds is 4. The van der Waals surface area contributed by atoms with Crippen LogP contribution in [-0.4, -0.2) is 38.3 Å². The number of carbonyl (C=O) groups is 1. The number of benzene rings is 1. The maximum absolute atomic E-state index is 12.6. The van der Waals surface area contributed by atoms with E-state index in [0.29, 0.717) is 21.7 Å². The van der Waals surface area contributed by atoms with Crippen LogP contribution in [0.3, 0.4) is 0 Å². The molecule has 1 aliphatic rings. The second-order valence-electron chi connectivity index (χ2n) is 6.59. The first kappa shape index (κ1) is 17.5. The van der Waals surface area contributed by atoms with Gasteiger partial charge in [-0.15, -0.1) is 0 Å². The number of aromatic nitrogens is 4. The molecule has 0 aliphatic carbocycles. The number of aryl methyl sites for hydroxylation is 1. The predicted octanol–water partition coefficient (Wildman–Crippen LogP) is 2.02. The maximum atomic E-state index is 12.6. The van der Waals surface area contributed by atoms with Crippen LogP contribution in [-0.2, 0) is 18.4 Å². The molecule has 0 radical (unpaired) electrons. The highest BCUT2D eigenvalue weighted by Crippen LogP contribution is 2.31. The molecule has 140 valence electrons. The lowest BCUT2D eigenvalue weighted by Gasteiger charge is -2.22. The van der Waals surface area contributed by atoms with Crippen molar-refractivity contribution in [1.82, 2.24) is 19.3 Å². The summed E-state index contributed by atoms with van der Waals surface area (Å²) in [5.41, 5.74) is 1.79. The number of halogens is 1. The molecule has 1 fully saturated rings. The molecule has 1 saturated heterocycles. The van der Waals surface area contributed by atoms with Crippen molar-refractivity contribution in [2.45, 2.75) is 19.4 Å². The van der Waals surface area contributed by atoms with Gasteiger partial charge in [-0.1, -0.05) is 11.6 Å². The summed E-state index contributed by atoms with van der Waals surface area (Å²) in [5, 5.41) is 7.84. The van der Waals surface area contributed by atoms with Gasteiger partial charge in [0.15, 0.2) is 5.65 Å². The third-order valence-electron chi connectivity index (χ3n) is 4.71. The summed E-state index contributed by atoms with van der Waals surface area (Å²) in [7, 11) is 1.71. The van der Waals surface area contributed by atoms with E-state index in [1.54, 1.807) is 13.1 Å². The van der Waals surface area contributed by atoms with Gasteiger partial charge in [-0.2, -0.15) is 5.10 Å². The van der Waals surface area contributed by atoms with Crippen molar-refractivity contribution in [2.24, 2.45) is 7.05 Å². The molecule has 0 unspecified atom stereocenters. The second kappa shape index (κ2) is 7.03. The van der Waals surface area contributed by atoms with Crippen LogP contribution in [0.1, 0.15) is 12.8 Å². The van der Waals surface area contributed by atoms with E-state index in [9.17, 15) is 9.59 Å². The van der Waals surface area contributed by atoms with E-state index in [1.165, 1.54) is 21.8 Å². The Morgan fingerprint density at radius 3 is 2.85 bits per heavy atom. The summed E-state index contributed by atoms with van der Waals surface area (Å²) in [4.78, 5) is 31.5. The quantitative estimate of drug-likeness (QED) is 0.741. The van der Waals surface area contributed by atoms with E-state index in [4.69, 9.17) is 11.6 Å². The highest BCUT2D eigenvalue weighted by atomic mass is 35.5. The molecule has 4 rings (SSSR count). The number of nitrogens with zero attached hydrogens (tertiary/aromatic N) is 5. The van der Waals surface area contributed by atoms with Gasteiger partial charge in [0, 0.05) is 25.2 Å². The zero-order valence-corrected chi connectivity index (χ0v) is 15.6. The van der Waals surface area contributed by atoms with Crippen LogP contribution in [0.15, 0.2) is 35.5 Å². The van der Waals surface area contributed by atoms with Gasteiger partial charge in [-0.3, -0.25) is 18.8 Å². The van der Waals surface area contributed by atoms with Crippen LogP contribution < -0.4 is 15.8 Å². The maximum Gasteiger partial charge on any atom is 0.264 e. The molecule has 1 aromatic carbocycles. The van der Waals surface area contributed by atoms with E-state index in [0.717, 1.165) is 31.6 Å². The van der Waals surface area contributed by atoms with Crippen molar-refractivity contribution in [3.8, 4) is 0 Å². The third kappa shape index (κ3) is 3.40. The van der Waals surface area contributed by atoms with Crippen LogP contribution in [0, 0.1) is 0 Å². The SMILES string of the molecule is Cn1ncc2c(=O)n(CC(=O)Nc3cc(Cl)ccc3N3CCCC3)cnc21. The normalized spacial score (nSPS) is 14.1. The number of hydrogen-bond acceptors (Lipinski definition) is 5. The molecule has 1 N–H and O–H groups in total. The van der Waals surface area contributed by atoms with Crippen molar-refractivity contribution in [3.63, 3.8) is 0 Å². The molecule has 27 heavy (non-hydrogen) atoms. The Morgan fingerprint density at radius 1 is 1.30 bits per heavy atom. The summed E-state index contributed by atoms with van der Waals surface area (Å²) >= 11 is 6.12. The van der Waals surface area contributed by atoms with E-state index in [2.05, 4.69) is 20.3 Å². The first-order chi connectivity index (χ1) is 13.0. The molecule has 0 atom stereocenters. The largest absolute Gasteiger partial charge is 0.370 e. The molecule has 1 amide bonds. The second-order valence-corrected chi connectivity index (χ2v) is 7.02. The zero-order chi connectivity index (χ0) is 19.0. The fourth-order valence-corrected chi connectivity index (χ4v) is 3.54. The molecule has 8 nitrogen and oxygen atoms in total. The molecule has 0 saturated carbocycles. The number of hydrogen-bond donors (Lipinski definition) is 1. The molecular formula is C18H19ClN6O2. The highest BCUT2D eigenvalue weighted by molar-refractivity contribution is 6.31. The summed E-state index contributed by atoms with van der Waals surface area (Å²) < 4.78 is 2.80. The van der Waals surface area contributed by atoms with Crippen LogP contribution in [0.4, 0.5) is 11.4 Å². The first-order valence-corrected chi connectivity index (χ1v) is 9.12. The van der Waals surface area contributed by atoms with Gasteiger partial charge in [-0.25, -0.2) is 4.98 Å². The number of fused-ring (bicyclic) bond motifs is 1. The van der Waals surface area contributed by atoms with E-state index in [-0.39, 0.29) is 18.0 Å². The van der Waals surface area contributed by atoms with Crippen molar-refractivity contribution >= 4 is 39.9 Å². The first-order valence-electron chi connectivity index (χ1n) is 8.74.